The van der Waals surface area contributed by atoms with Gasteiger partial charge in [0.2, 0.25) is 0 Å². The number of aromatic nitrogens is 2. The molecule has 4 rings (SSSR count). The molecule has 0 bridgehead atoms. The van der Waals surface area contributed by atoms with Crippen molar-refractivity contribution >= 4 is 17.9 Å². The number of hydrogen-bond acceptors (Lipinski definition) is 3. The van der Waals surface area contributed by atoms with Gasteiger partial charge in [0.25, 0.3) is 0 Å². The van der Waals surface area contributed by atoms with Crippen molar-refractivity contribution in [3.8, 4) is 22.9 Å². The number of nitrogens with zero attached hydrogens (tertiary/aromatic N) is 3. The Kier molecular flexibility index (Phi) is 5.42. The van der Waals surface area contributed by atoms with Gasteiger partial charge in [-0.2, -0.15) is 10.4 Å². The predicted molar refractivity (Wildman–Crippen MR) is 113 cm³/mol. The third-order valence-electron chi connectivity index (χ3n) is 4.91. The molecule has 146 valence electrons. The number of carbonyl (C=O) groups is 1. The van der Waals surface area contributed by atoms with E-state index in [1.165, 1.54) is 16.8 Å². The van der Waals surface area contributed by atoms with Gasteiger partial charge in [-0.1, -0.05) is 48.0 Å². The molecule has 1 heterocycles. The minimum Gasteiger partial charge on any atom is -0.302 e. The molecule has 0 aliphatic rings. The number of carbonyl (C=O) groups excluding carboxylic acids is 1. The predicted octanol–water partition coefficient (Wildman–Crippen LogP) is 5.53. The summed E-state index contributed by atoms with van der Waals surface area (Å²) in [5.74, 6) is -1.15. The van der Waals surface area contributed by atoms with E-state index in [4.69, 9.17) is 11.6 Å². The quantitative estimate of drug-likeness (QED) is 0.402. The van der Waals surface area contributed by atoms with E-state index >= 15 is 4.39 Å². The third-order valence-corrected chi connectivity index (χ3v) is 5.24. The highest BCUT2D eigenvalue weighted by Gasteiger charge is 2.21. The first kappa shape index (κ1) is 19.6. The molecule has 0 radical (unpaired) electrons. The first-order valence-corrected chi connectivity index (χ1v) is 9.54. The molecule has 0 saturated carbocycles. The Labute approximate surface area is 177 Å². The first-order valence-electron chi connectivity index (χ1n) is 9.16. The maximum Gasteiger partial charge on any atom is 0.158 e. The summed E-state index contributed by atoms with van der Waals surface area (Å²) in [5, 5.41) is 13.9. The molecular weight excluding hydrogens is 401 g/mol. The highest BCUT2D eigenvalue weighted by Crippen LogP contribution is 2.37. The summed E-state index contributed by atoms with van der Waals surface area (Å²) >= 11 is 6.42. The molecule has 6 heteroatoms. The molecule has 0 saturated heterocycles. The van der Waals surface area contributed by atoms with Crippen molar-refractivity contribution in [3.05, 3.63) is 107 Å². The zero-order valence-electron chi connectivity index (χ0n) is 15.7. The molecular formula is C24H15ClFN3O. The second-order valence-corrected chi connectivity index (χ2v) is 7.05. The Bertz CT molecular complexity index is 1250. The van der Waals surface area contributed by atoms with Crippen LogP contribution in [0.4, 0.5) is 4.39 Å². The number of halogens is 2. The average molecular weight is 416 g/mol. The summed E-state index contributed by atoms with van der Waals surface area (Å²) in [6.07, 6.45) is 3.99. The van der Waals surface area contributed by atoms with Gasteiger partial charge in [-0.15, -0.1) is 0 Å². The van der Waals surface area contributed by atoms with Crippen molar-refractivity contribution < 1.29 is 9.18 Å². The normalized spacial score (nSPS) is 11.6. The lowest BCUT2D eigenvalue weighted by Crippen LogP contribution is -2.05. The lowest BCUT2D eigenvalue weighted by atomic mass is 9.89. The Morgan fingerprint density at radius 1 is 1.07 bits per heavy atom. The molecule has 1 aromatic heterocycles. The highest BCUT2D eigenvalue weighted by molar-refractivity contribution is 6.33. The third kappa shape index (κ3) is 3.49. The standard InChI is InChI=1S/C24H15ClFN3O/c25-21-9-7-17(20(15-30)16-5-2-1-3-6-16)13-19(21)23-18(14-27)8-10-22(24(23)26)29-12-4-11-28-29/h1-13,15,20H. The molecule has 0 aliphatic heterocycles. The Balaban J connectivity index is 1.91. The topological polar surface area (TPSA) is 58.7 Å². The van der Waals surface area contributed by atoms with Gasteiger partial charge in [0.05, 0.1) is 17.6 Å². The van der Waals surface area contributed by atoms with Gasteiger partial charge < -0.3 is 4.79 Å². The molecule has 0 spiro atoms. The molecule has 3 aromatic carbocycles. The Morgan fingerprint density at radius 2 is 1.87 bits per heavy atom. The van der Waals surface area contributed by atoms with E-state index in [2.05, 4.69) is 5.10 Å². The molecule has 30 heavy (non-hydrogen) atoms. The summed E-state index contributed by atoms with van der Waals surface area (Å²) in [6.45, 7) is 0. The summed E-state index contributed by atoms with van der Waals surface area (Å²) in [4.78, 5) is 11.9. The second-order valence-electron chi connectivity index (χ2n) is 6.65. The zero-order chi connectivity index (χ0) is 21.1. The van der Waals surface area contributed by atoms with Crippen molar-refractivity contribution in [1.82, 2.24) is 9.78 Å². The summed E-state index contributed by atoms with van der Waals surface area (Å²) < 4.78 is 16.9. The molecule has 0 amide bonds. The van der Waals surface area contributed by atoms with Gasteiger partial charge in [-0.25, -0.2) is 9.07 Å². The minimum atomic E-state index is -0.612. The van der Waals surface area contributed by atoms with E-state index < -0.39 is 11.7 Å². The lowest BCUT2D eigenvalue weighted by Gasteiger charge is -2.16. The van der Waals surface area contributed by atoms with Gasteiger partial charge in [-0.3, -0.25) is 0 Å². The van der Waals surface area contributed by atoms with Crippen LogP contribution in [0.2, 0.25) is 5.02 Å². The second kappa shape index (κ2) is 8.32. The average Bonchev–Trinajstić information content (AvgIpc) is 3.31. The minimum absolute atomic E-state index is 0.0788. The summed E-state index contributed by atoms with van der Waals surface area (Å²) in [6, 6.07) is 21.0. The monoisotopic (exact) mass is 415 g/mol. The van der Waals surface area contributed by atoms with E-state index in [1.54, 1.807) is 36.7 Å². The maximum absolute atomic E-state index is 15.5. The van der Waals surface area contributed by atoms with Crippen LogP contribution in [-0.2, 0) is 4.79 Å². The fourth-order valence-corrected chi connectivity index (χ4v) is 3.66. The van der Waals surface area contributed by atoms with Crippen LogP contribution in [-0.4, -0.2) is 16.1 Å². The molecule has 4 aromatic rings. The van der Waals surface area contributed by atoms with Crippen LogP contribution >= 0.6 is 11.6 Å². The number of rotatable bonds is 5. The van der Waals surface area contributed by atoms with Crippen LogP contribution in [0.25, 0.3) is 16.8 Å². The Hall–Kier alpha value is -3.75. The van der Waals surface area contributed by atoms with Crippen LogP contribution in [0, 0.1) is 17.1 Å². The van der Waals surface area contributed by atoms with Crippen molar-refractivity contribution in [2.24, 2.45) is 0 Å². The highest BCUT2D eigenvalue weighted by atomic mass is 35.5. The SMILES string of the molecule is N#Cc1ccc(-n2cccn2)c(F)c1-c1cc(C(C=O)c2ccccc2)ccc1Cl. The van der Waals surface area contributed by atoms with Crippen LogP contribution in [0.5, 0.6) is 0 Å². The van der Waals surface area contributed by atoms with Gasteiger partial charge in [-0.05, 0) is 41.5 Å². The van der Waals surface area contributed by atoms with E-state index in [-0.39, 0.29) is 21.8 Å². The smallest absolute Gasteiger partial charge is 0.158 e. The van der Waals surface area contributed by atoms with Crippen LogP contribution < -0.4 is 0 Å². The number of benzene rings is 3. The fraction of sp³-hybridized carbons (Fsp3) is 0.0417. The largest absolute Gasteiger partial charge is 0.302 e. The van der Waals surface area contributed by atoms with Crippen molar-refractivity contribution in [2.75, 3.05) is 0 Å². The van der Waals surface area contributed by atoms with E-state index in [0.29, 0.717) is 11.1 Å². The first-order chi connectivity index (χ1) is 14.6. The van der Waals surface area contributed by atoms with Crippen LogP contribution in [0.3, 0.4) is 0 Å². The van der Waals surface area contributed by atoms with Gasteiger partial charge >= 0.3 is 0 Å². The van der Waals surface area contributed by atoms with Crippen molar-refractivity contribution in [1.29, 1.82) is 5.26 Å². The summed E-state index contributed by atoms with van der Waals surface area (Å²) in [7, 11) is 0. The molecule has 1 atom stereocenters. The van der Waals surface area contributed by atoms with Gasteiger partial charge in [0.15, 0.2) is 5.82 Å². The number of aldehydes is 1. The fourth-order valence-electron chi connectivity index (χ4n) is 3.45. The number of hydrogen-bond donors (Lipinski definition) is 0. The van der Waals surface area contributed by atoms with Crippen LogP contribution in [0.15, 0.2) is 79.1 Å². The van der Waals surface area contributed by atoms with Gasteiger partial charge in [0.1, 0.15) is 12.0 Å². The lowest BCUT2D eigenvalue weighted by molar-refractivity contribution is -0.108. The maximum atomic E-state index is 15.5. The van der Waals surface area contributed by atoms with Crippen LogP contribution in [0.1, 0.15) is 22.6 Å². The van der Waals surface area contributed by atoms with E-state index in [9.17, 15) is 10.1 Å². The number of nitriles is 1. The molecule has 0 fully saturated rings. The molecule has 0 aliphatic carbocycles. The summed E-state index contributed by atoms with van der Waals surface area (Å²) in [5.41, 5.74) is 2.24. The van der Waals surface area contributed by atoms with Gasteiger partial charge in [0, 0.05) is 28.5 Å². The molecule has 1 unspecified atom stereocenters. The van der Waals surface area contributed by atoms with Crippen molar-refractivity contribution in [3.63, 3.8) is 0 Å². The molecule has 4 nitrogen and oxygen atoms in total. The Morgan fingerprint density at radius 3 is 2.53 bits per heavy atom. The molecule has 0 N–H and O–H groups in total. The van der Waals surface area contributed by atoms with E-state index in [0.717, 1.165) is 11.8 Å². The van der Waals surface area contributed by atoms with Crippen molar-refractivity contribution in [2.45, 2.75) is 5.92 Å². The van der Waals surface area contributed by atoms with E-state index in [1.807, 2.05) is 36.4 Å². The zero-order valence-corrected chi connectivity index (χ0v) is 16.4.